The van der Waals surface area contributed by atoms with Gasteiger partial charge in [-0.2, -0.15) is 13.2 Å². The van der Waals surface area contributed by atoms with Crippen LogP contribution < -0.4 is 5.43 Å². The molecule has 6 nitrogen and oxygen atoms in total. The van der Waals surface area contributed by atoms with Gasteiger partial charge in [-0.25, -0.2) is 4.39 Å². The summed E-state index contributed by atoms with van der Waals surface area (Å²) < 4.78 is 65.0. The van der Waals surface area contributed by atoms with E-state index in [1.807, 2.05) is 13.0 Å². The van der Waals surface area contributed by atoms with E-state index in [1.54, 1.807) is 6.07 Å². The largest absolute Gasteiger partial charge is 0.463 e. The van der Waals surface area contributed by atoms with Crippen LogP contribution in [-0.2, 0) is 19.3 Å². The quantitative estimate of drug-likeness (QED) is 0.302. The number of hydrogen-bond donors (Lipinski definition) is 0. The molecule has 2 aromatic heterocycles. The van der Waals surface area contributed by atoms with Crippen LogP contribution in [-0.4, -0.2) is 38.9 Å². The maximum absolute atomic E-state index is 15.9. The molecule has 1 aliphatic rings. The predicted molar refractivity (Wildman–Crippen MR) is 135 cm³/mol. The first kappa shape index (κ1) is 26.1. The van der Waals surface area contributed by atoms with Crippen molar-refractivity contribution in [3.05, 3.63) is 81.7 Å². The van der Waals surface area contributed by atoms with E-state index >= 15 is 4.39 Å². The Bertz CT molecular complexity index is 1540. The Labute approximate surface area is 216 Å². The van der Waals surface area contributed by atoms with E-state index in [9.17, 15) is 18.0 Å². The molecule has 2 unspecified atom stereocenters. The van der Waals surface area contributed by atoms with Crippen LogP contribution in [0.2, 0.25) is 0 Å². The van der Waals surface area contributed by atoms with Crippen molar-refractivity contribution in [2.75, 3.05) is 13.1 Å². The van der Waals surface area contributed by atoms with Gasteiger partial charge in [0.2, 0.25) is 5.43 Å². The molecule has 0 saturated carbocycles. The van der Waals surface area contributed by atoms with Crippen molar-refractivity contribution in [2.24, 2.45) is 13.0 Å². The summed E-state index contributed by atoms with van der Waals surface area (Å²) in [6.07, 6.45) is -0.776. The van der Waals surface area contributed by atoms with E-state index in [-0.39, 0.29) is 11.1 Å². The molecule has 2 aromatic carbocycles. The maximum Gasteiger partial charge on any atom is 0.434 e. The average molecular weight is 529 g/mol. The van der Waals surface area contributed by atoms with E-state index in [0.29, 0.717) is 23.4 Å². The SMILES string of the molecule is Cc1cc(CN2CCCC(C)C2)cc2c(=O)c(-c3cccc(C(F)(c4nncn4C)C(F)(F)F)c3)coc12. The molecule has 38 heavy (non-hydrogen) atoms. The Morgan fingerprint density at radius 1 is 1.16 bits per heavy atom. The summed E-state index contributed by atoms with van der Waals surface area (Å²) in [5.74, 6) is -0.296. The molecule has 10 heteroatoms. The fourth-order valence-electron chi connectivity index (χ4n) is 5.38. The maximum atomic E-state index is 15.9. The number of piperidine rings is 1. The standard InChI is InChI=1S/C28H28F4N4O2/c1-17-6-5-9-36(13-17)14-19-10-18(2)25-22(11-19)24(37)23(15-38-25)20-7-4-8-21(12-20)27(29,28(30,31)32)26-34-33-16-35(26)3/h4,7-8,10-12,15-17H,5-6,9,13-14H2,1-3H3. The molecule has 0 amide bonds. The van der Waals surface area contributed by atoms with E-state index < -0.39 is 28.7 Å². The number of alkyl halides is 4. The molecule has 1 fully saturated rings. The summed E-state index contributed by atoms with van der Waals surface area (Å²) in [5.41, 5.74) is -2.70. The summed E-state index contributed by atoms with van der Waals surface area (Å²) in [6.45, 7) is 6.73. The minimum atomic E-state index is -5.32. The summed E-state index contributed by atoms with van der Waals surface area (Å²) in [7, 11) is 1.24. The lowest BCUT2D eigenvalue weighted by atomic mass is 9.91. The lowest BCUT2D eigenvalue weighted by Crippen LogP contribution is -2.41. The number of rotatable bonds is 5. The van der Waals surface area contributed by atoms with E-state index in [1.165, 1.54) is 31.9 Å². The van der Waals surface area contributed by atoms with Crippen LogP contribution in [0.3, 0.4) is 0 Å². The van der Waals surface area contributed by atoms with Gasteiger partial charge in [0.1, 0.15) is 18.2 Å². The zero-order valence-corrected chi connectivity index (χ0v) is 21.3. The van der Waals surface area contributed by atoms with Crippen LogP contribution in [0.4, 0.5) is 17.6 Å². The summed E-state index contributed by atoms with van der Waals surface area (Å²) in [4.78, 5) is 16.0. The molecule has 200 valence electrons. The zero-order chi connectivity index (χ0) is 27.2. The molecule has 2 atom stereocenters. The number of benzene rings is 2. The number of likely N-dealkylation sites (tertiary alicyclic amines) is 1. The normalized spacial score (nSPS) is 18.6. The van der Waals surface area contributed by atoms with Gasteiger partial charge >= 0.3 is 6.18 Å². The van der Waals surface area contributed by atoms with Gasteiger partial charge in [0.05, 0.1) is 10.9 Å². The Morgan fingerprint density at radius 2 is 1.95 bits per heavy atom. The van der Waals surface area contributed by atoms with Gasteiger partial charge < -0.3 is 8.98 Å². The van der Waals surface area contributed by atoms with Gasteiger partial charge in [0.25, 0.3) is 5.67 Å². The Morgan fingerprint density at radius 3 is 2.63 bits per heavy atom. The molecule has 1 aliphatic heterocycles. The van der Waals surface area contributed by atoms with Crippen LogP contribution in [0.1, 0.15) is 42.3 Å². The molecule has 0 spiro atoms. The van der Waals surface area contributed by atoms with Crippen molar-refractivity contribution in [1.29, 1.82) is 0 Å². The van der Waals surface area contributed by atoms with E-state index in [2.05, 4.69) is 22.0 Å². The molecule has 3 heterocycles. The second kappa shape index (κ2) is 9.65. The smallest absolute Gasteiger partial charge is 0.434 e. The van der Waals surface area contributed by atoms with Crippen LogP contribution in [0.25, 0.3) is 22.1 Å². The second-order valence-electron chi connectivity index (χ2n) is 10.3. The Kier molecular flexibility index (Phi) is 6.63. The van der Waals surface area contributed by atoms with Crippen LogP contribution in [0, 0.1) is 12.8 Å². The molecule has 0 radical (unpaired) electrons. The fourth-order valence-corrected chi connectivity index (χ4v) is 5.38. The first-order chi connectivity index (χ1) is 18.0. The van der Waals surface area contributed by atoms with Gasteiger partial charge in [-0.1, -0.05) is 31.2 Å². The summed E-state index contributed by atoms with van der Waals surface area (Å²) in [6, 6.07) is 8.56. The highest BCUT2D eigenvalue weighted by atomic mass is 19.4. The fraction of sp³-hybridized carbons (Fsp3) is 0.393. The predicted octanol–water partition coefficient (Wildman–Crippen LogP) is 5.90. The molecule has 0 aliphatic carbocycles. The van der Waals surface area contributed by atoms with Gasteiger partial charge in [-0.05, 0) is 61.1 Å². The number of aromatic nitrogens is 3. The van der Waals surface area contributed by atoms with Gasteiger partial charge in [0.15, 0.2) is 5.82 Å². The number of hydrogen-bond acceptors (Lipinski definition) is 5. The first-order valence-corrected chi connectivity index (χ1v) is 12.5. The number of fused-ring (bicyclic) bond motifs is 1. The molecule has 4 aromatic rings. The highest BCUT2D eigenvalue weighted by Crippen LogP contribution is 2.47. The van der Waals surface area contributed by atoms with E-state index in [0.717, 1.165) is 53.7 Å². The Hall–Kier alpha value is -3.53. The molecule has 0 bridgehead atoms. The van der Waals surface area contributed by atoms with Crippen molar-refractivity contribution in [3.63, 3.8) is 0 Å². The van der Waals surface area contributed by atoms with Crippen molar-refractivity contribution in [2.45, 2.75) is 45.1 Å². The van der Waals surface area contributed by atoms with Crippen molar-refractivity contribution >= 4 is 11.0 Å². The van der Waals surface area contributed by atoms with E-state index in [4.69, 9.17) is 4.42 Å². The third-order valence-electron chi connectivity index (χ3n) is 7.25. The summed E-state index contributed by atoms with van der Waals surface area (Å²) in [5, 5.41) is 7.16. The molecular formula is C28H28F4N4O2. The minimum absolute atomic E-state index is 0.0463. The zero-order valence-electron chi connectivity index (χ0n) is 21.3. The van der Waals surface area contributed by atoms with Crippen LogP contribution in [0.15, 0.2) is 58.2 Å². The van der Waals surface area contributed by atoms with Gasteiger partial charge in [-0.15, -0.1) is 10.2 Å². The molecule has 0 N–H and O–H groups in total. The van der Waals surface area contributed by atoms with Gasteiger partial charge in [-0.3, -0.25) is 9.69 Å². The third-order valence-corrected chi connectivity index (χ3v) is 7.25. The topological polar surface area (TPSA) is 64.2 Å². The Balaban J connectivity index is 1.59. The monoisotopic (exact) mass is 528 g/mol. The van der Waals surface area contributed by atoms with Crippen molar-refractivity contribution < 1.29 is 22.0 Å². The molecular weight excluding hydrogens is 500 g/mol. The second-order valence-corrected chi connectivity index (χ2v) is 10.3. The van der Waals surface area contributed by atoms with Crippen molar-refractivity contribution in [1.82, 2.24) is 19.7 Å². The number of nitrogens with zero attached hydrogens (tertiary/aromatic N) is 4. The number of aryl methyl sites for hydroxylation is 2. The molecule has 1 saturated heterocycles. The highest BCUT2D eigenvalue weighted by molar-refractivity contribution is 5.84. The average Bonchev–Trinajstić information content (AvgIpc) is 3.30. The third kappa shape index (κ3) is 4.51. The minimum Gasteiger partial charge on any atom is -0.463 e. The lowest BCUT2D eigenvalue weighted by Gasteiger charge is -2.30. The van der Waals surface area contributed by atoms with Crippen LogP contribution >= 0.6 is 0 Å². The lowest BCUT2D eigenvalue weighted by molar-refractivity contribution is -0.222. The van der Waals surface area contributed by atoms with Crippen molar-refractivity contribution in [3.8, 4) is 11.1 Å². The van der Waals surface area contributed by atoms with Crippen LogP contribution in [0.5, 0.6) is 0 Å². The number of halogens is 4. The summed E-state index contributed by atoms with van der Waals surface area (Å²) >= 11 is 0. The highest BCUT2D eigenvalue weighted by Gasteiger charge is 2.61. The molecule has 5 rings (SSSR count). The van der Waals surface area contributed by atoms with Gasteiger partial charge in [0, 0.05) is 25.7 Å². The first-order valence-electron chi connectivity index (χ1n) is 12.5.